The maximum Gasteiger partial charge on any atom is 0.163 e. The first-order chi connectivity index (χ1) is 17.5. The fourth-order valence-corrected chi connectivity index (χ4v) is 6.44. The van der Waals surface area contributed by atoms with Crippen molar-refractivity contribution >= 4 is 22.8 Å². The smallest absolute Gasteiger partial charge is 0.163 e. The van der Waals surface area contributed by atoms with E-state index >= 15 is 0 Å². The highest BCUT2D eigenvalue weighted by Gasteiger charge is 2.32. The number of hydrogen-bond acceptors (Lipinski definition) is 7. The van der Waals surface area contributed by atoms with Crippen LogP contribution in [0.2, 0.25) is 0 Å². The van der Waals surface area contributed by atoms with Crippen LogP contribution in [0.1, 0.15) is 83.3 Å². The number of carbonyl (C=O) groups excluding carboxylic acids is 1. The molecule has 2 aliphatic heterocycles. The molecule has 4 heterocycles. The molecule has 0 aliphatic carbocycles. The number of aliphatic imine (C=N–C) groups is 1. The van der Waals surface area contributed by atoms with E-state index in [1.54, 1.807) is 11.3 Å². The minimum atomic E-state index is -0.404. The zero-order valence-corrected chi connectivity index (χ0v) is 22.1. The molecule has 7 nitrogen and oxygen atoms in total. The lowest BCUT2D eigenvalue weighted by Gasteiger charge is -2.26. The van der Waals surface area contributed by atoms with Gasteiger partial charge < -0.3 is 4.90 Å². The van der Waals surface area contributed by atoms with Crippen LogP contribution >= 0.6 is 11.3 Å². The summed E-state index contributed by atoms with van der Waals surface area (Å²) < 4.78 is 2.09. The third-order valence-electron chi connectivity index (χ3n) is 7.33. The van der Waals surface area contributed by atoms with Crippen molar-refractivity contribution in [2.45, 2.75) is 65.3 Å². The molecular weight excluding hydrogens is 468 g/mol. The third-order valence-corrected chi connectivity index (χ3v) is 8.52. The van der Waals surface area contributed by atoms with Crippen molar-refractivity contribution in [2.24, 2.45) is 4.99 Å². The third kappa shape index (κ3) is 4.78. The van der Waals surface area contributed by atoms with Gasteiger partial charge >= 0.3 is 0 Å². The number of aryl methyl sites for hydroxylation is 2. The van der Waals surface area contributed by atoms with Gasteiger partial charge in [0, 0.05) is 28.8 Å². The Bertz CT molecular complexity index is 1340. The molecule has 0 unspecified atom stereocenters. The molecule has 0 spiro atoms. The molecule has 0 bridgehead atoms. The average Bonchev–Trinajstić information content (AvgIpc) is 3.37. The van der Waals surface area contributed by atoms with Crippen molar-refractivity contribution < 1.29 is 4.79 Å². The van der Waals surface area contributed by atoms with E-state index < -0.39 is 6.04 Å². The molecule has 2 aliphatic rings. The molecule has 2 aromatic heterocycles. The predicted octanol–water partition coefficient (Wildman–Crippen LogP) is 5.24. The Labute approximate surface area is 216 Å². The van der Waals surface area contributed by atoms with Gasteiger partial charge in [0.25, 0.3) is 0 Å². The van der Waals surface area contributed by atoms with Gasteiger partial charge in [0.1, 0.15) is 22.7 Å². The number of likely N-dealkylation sites (tertiary alicyclic amines) is 1. The van der Waals surface area contributed by atoms with E-state index in [2.05, 4.69) is 39.6 Å². The number of nitriles is 1. The van der Waals surface area contributed by atoms with E-state index in [0.717, 1.165) is 59.5 Å². The Balaban J connectivity index is 1.47. The predicted molar refractivity (Wildman–Crippen MR) is 142 cm³/mol. The molecule has 0 radical (unpaired) electrons. The van der Waals surface area contributed by atoms with Crippen LogP contribution in [0.3, 0.4) is 0 Å². The van der Waals surface area contributed by atoms with Crippen molar-refractivity contribution in [1.82, 2.24) is 19.7 Å². The molecule has 186 valence electrons. The fourth-order valence-electron chi connectivity index (χ4n) is 5.23. The van der Waals surface area contributed by atoms with Gasteiger partial charge in [-0.3, -0.25) is 14.4 Å². The molecule has 1 aromatic carbocycles. The van der Waals surface area contributed by atoms with Crippen molar-refractivity contribution in [2.75, 3.05) is 19.6 Å². The van der Waals surface area contributed by atoms with E-state index in [9.17, 15) is 10.1 Å². The molecule has 5 rings (SSSR count). The zero-order valence-electron chi connectivity index (χ0n) is 21.3. The van der Waals surface area contributed by atoms with E-state index in [0.29, 0.717) is 18.4 Å². The second-order valence-corrected chi connectivity index (χ2v) is 11.0. The van der Waals surface area contributed by atoms with Crippen LogP contribution in [0.15, 0.2) is 29.3 Å². The van der Waals surface area contributed by atoms with Crippen LogP contribution in [0.25, 0.3) is 5.00 Å². The highest BCUT2D eigenvalue weighted by Crippen LogP contribution is 2.39. The number of rotatable bonds is 7. The van der Waals surface area contributed by atoms with Gasteiger partial charge in [-0.05, 0) is 77.4 Å². The summed E-state index contributed by atoms with van der Waals surface area (Å²) >= 11 is 1.71. The standard InChI is InChI=1S/C28H32N6OS/c1-18-19(2)36-28-25(18)26(22-11-9-21(17-29)10-12-22)30-24(27-32-31-20(3)34(27)28)16-23(35)8-7-15-33-13-5-4-6-14-33/h9-12,24H,4-8,13-16H2,1-3H3/t24-/m0/s1. The Hall–Kier alpha value is -3.15. The van der Waals surface area contributed by atoms with Gasteiger partial charge in [-0.2, -0.15) is 5.26 Å². The first-order valence-corrected chi connectivity index (χ1v) is 13.6. The fraction of sp³-hybridized carbons (Fsp3) is 0.464. The molecular formula is C28H32N6OS. The van der Waals surface area contributed by atoms with Crippen molar-refractivity contribution in [1.29, 1.82) is 5.26 Å². The van der Waals surface area contributed by atoms with Gasteiger partial charge in [-0.15, -0.1) is 21.5 Å². The average molecular weight is 501 g/mol. The number of ketones is 1. The molecule has 1 atom stereocenters. The van der Waals surface area contributed by atoms with Crippen LogP contribution in [-0.4, -0.2) is 50.8 Å². The number of hydrogen-bond donors (Lipinski definition) is 0. The Morgan fingerprint density at radius 1 is 1.11 bits per heavy atom. The zero-order chi connectivity index (χ0) is 25.2. The molecule has 0 amide bonds. The Morgan fingerprint density at radius 2 is 1.86 bits per heavy atom. The normalized spacial score (nSPS) is 17.6. The quantitative estimate of drug-likeness (QED) is 0.443. The number of piperidine rings is 1. The summed E-state index contributed by atoms with van der Waals surface area (Å²) in [5, 5.41) is 19.2. The van der Waals surface area contributed by atoms with Crippen LogP contribution in [-0.2, 0) is 4.79 Å². The van der Waals surface area contributed by atoms with Gasteiger partial charge in [-0.25, -0.2) is 0 Å². The molecule has 36 heavy (non-hydrogen) atoms. The number of benzene rings is 1. The number of thiophene rings is 1. The van der Waals surface area contributed by atoms with Crippen molar-refractivity contribution in [3.8, 4) is 11.1 Å². The number of aromatic nitrogens is 3. The van der Waals surface area contributed by atoms with Crippen LogP contribution in [0.4, 0.5) is 0 Å². The second kappa shape index (κ2) is 10.5. The molecule has 3 aromatic rings. The van der Waals surface area contributed by atoms with Gasteiger partial charge in [0.05, 0.1) is 17.3 Å². The van der Waals surface area contributed by atoms with Gasteiger partial charge in [0.15, 0.2) is 5.82 Å². The molecule has 0 saturated carbocycles. The maximum atomic E-state index is 13.2. The van der Waals surface area contributed by atoms with E-state index in [1.165, 1.54) is 29.7 Å². The first kappa shape index (κ1) is 24.5. The summed E-state index contributed by atoms with van der Waals surface area (Å²) in [7, 11) is 0. The largest absolute Gasteiger partial charge is 0.303 e. The maximum absolute atomic E-state index is 13.2. The van der Waals surface area contributed by atoms with Gasteiger partial charge in [-0.1, -0.05) is 18.6 Å². The number of Topliss-reactive ketones (excluding diaryl/α,β-unsaturated/α-hetero) is 1. The number of fused-ring (bicyclic) bond motifs is 3. The van der Waals surface area contributed by atoms with Crippen LogP contribution in [0.5, 0.6) is 0 Å². The lowest BCUT2D eigenvalue weighted by molar-refractivity contribution is -0.119. The van der Waals surface area contributed by atoms with Crippen molar-refractivity contribution in [3.05, 3.63) is 63.0 Å². The minimum Gasteiger partial charge on any atom is -0.303 e. The minimum absolute atomic E-state index is 0.213. The van der Waals surface area contributed by atoms with Gasteiger partial charge in [0.2, 0.25) is 0 Å². The highest BCUT2D eigenvalue weighted by atomic mass is 32.1. The summed E-state index contributed by atoms with van der Waals surface area (Å²) in [6.07, 6.45) is 5.60. The topological polar surface area (TPSA) is 87.2 Å². The van der Waals surface area contributed by atoms with Crippen molar-refractivity contribution in [3.63, 3.8) is 0 Å². The molecule has 1 saturated heterocycles. The number of carbonyl (C=O) groups is 1. The molecule has 8 heteroatoms. The van der Waals surface area contributed by atoms with E-state index in [-0.39, 0.29) is 5.78 Å². The first-order valence-electron chi connectivity index (χ1n) is 12.8. The SMILES string of the molecule is Cc1sc2c(c1C)C(c1ccc(C#N)cc1)=N[C@@H](CC(=O)CCCN1CCCCC1)c1nnc(C)n1-2. The monoisotopic (exact) mass is 500 g/mol. The van der Waals surface area contributed by atoms with Crippen LogP contribution in [0, 0.1) is 32.1 Å². The Morgan fingerprint density at radius 3 is 2.58 bits per heavy atom. The van der Waals surface area contributed by atoms with Crippen LogP contribution < -0.4 is 0 Å². The summed E-state index contributed by atoms with van der Waals surface area (Å²) in [6, 6.07) is 9.33. The summed E-state index contributed by atoms with van der Waals surface area (Å²) in [4.78, 5) is 22.1. The summed E-state index contributed by atoms with van der Waals surface area (Å²) in [5.41, 5.74) is 4.64. The lowest BCUT2D eigenvalue weighted by atomic mass is 9.98. The molecule has 1 fully saturated rings. The second-order valence-electron chi connectivity index (χ2n) is 9.84. The highest BCUT2D eigenvalue weighted by molar-refractivity contribution is 7.15. The number of nitrogens with zero attached hydrogens (tertiary/aromatic N) is 6. The molecule has 0 N–H and O–H groups in total. The summed E-state index contributed by atoms with van der Waals surface area (Å²) in [6.45, 7) is 9.48. The van der Waals surface area contributed by atoms with E-state index in [1.807, 2.05) is 31.2 Å². The summed E-state index contributed by atoms with van der Waals surface area (Å²) in [5.74, 6) is 1.74. The van der Waals surface area contributed by atoms with E-state index in [4.69, 9.17) is 4.99 Å². The lowest BCUT2D eigenvalue weighted by Crippen LogP contribution is -2.30. The Kier molecular flexibility index (Phi) is 7.13.